The Hall–Kier alpha value is -0.420. The molecule has 1 heterocycles. The molecule has 0 bridgehead atoms. The van der Waals surface area contributed by atoms with Crippen molar-refractivity contribution in [3.8, 4) is 0 Å². The molecule has 1 unspecified atom stereocenters. The molecule has 0 aliphatic carbocycles. The Morgan fingerprint density at radius 3 is 2.71 bits per heavy atom. The molecule has 2 rings (SSSR count). The van der Waals surface area contributed by atoms with E-state index in [9.17, 15) is 0 Å². The van der Waals surface area contributed by atoms with Gasteiger partial charge in [0.25, 0.3) is 0 Å². The summed E-state index contributed by atoms with van der Waals surface area (Å²) in [5.41, 5.74) is 2.82. The van der Waals surface area contributed by atoms with Crippen molar-refractivity contribution in [3.05, 3.63) is 33.8 Å². The Bertz CT molecular complexity index is 470. The highest BCUT2D eigenvalue weighted by Gasteiger charge is 2.22. The van der Waals surface area contributed by atoms with Crippen molar-refractivity contribution in [2.45, 2.75) is 51.9 Å². The monoisotopic (exact) mass is 354 g/mol. The van der Waals surface area contributed by atoms with E-state index in [1.165, 1.54) is 15.6 Å². The number of nitrogens with zero attached hydrogens (tertiary/aromatic N) is 1. The van der Waals surface area contributed by atoms with Crippen LogP contribution in [0.1, 0.15) is 38.3 Å². The highest BCUT2D eigenvalue weighted by molar-refractivity contribution is 9.10. The molecule has 0 saturated carbocycles. The molecular formula is C17H27BrN2O. The predicted octanol–water partition coefficient (Wildman–Crippen LogP) is 3.56. The van der Waals surface area contributed by atoms with Crippen LogP contribution >= 0.6 is 15.9 Å². The van der Waals surface area contributed by atoms with E-state index in [-0.39, 0.29) is 5.54 Å². The average Bonchev–Trinajstić information content (AvgIpc) is 2.86. The lowest BCUT2D eigenvalue weighted by molar-refractivity contribution is 0.107. The Kier molecular flexibility index (Phi) is 5.83. The van der Waals surface area contributed by atoms with Crippen LogP contribution in [0.15, 0.2) is 22.7 Å². The van der Waals surface area contributed by atoms with Gasteiger partial charge in [-0.15, -0.1) is 0 Å². The number of nitrogens with one attached hydrogen (secondary N) is 1. The first-order valence-electron chi connectivity index (χ1n) is 7.65. The zero-order valence-corrected chi connectivity index (χ0v) is 15.2. The summed E-state index contributed by atoms with van der Waals surface area (Å²) in [4.78, 5) is 2.46. The van der Waals surface area contributed by atoms with Gasteiger partial charge in [0, 0.05) is 43.3 Å². The van der Waals surface area contributed by atoms with Crippen molar-refractivity contribution in [3.63, 3.8) is 0 Å². The van der Waals surface area contributed by atoms with Crippen LogP contribution in [0.5, 0.6) is 0 Å². The highest BCUT2D eigenvalue weighted by Crippen LogP contribution is 2.23. The van der Waals surface area contributed by atoms with Crippen LogP contribution in [0.4, 0.5) is 0 Å². The van der Waals surface area contributed by atoms with Crippen LogP contribution in [-0.4, -0.2) is 36.7 Å². The maximum absolute atomic E-state index is 5.43. The number of benzene rings is 1. The molecule has 118 valence electrons. The van der Waals surface area contributed by atoms with Crippen molar-refractivity contribution >= 4 is 15.9 Å². The minimum Gasteiger partial charge on any atom is -0.380 e. The van der Waals surface area contributed by atoms with E-state index in [0.29, 0.717) is 6.10 Å². The van der Waals surface area contributed by atoms with Crippen molar-refractivity contribution in [2.24, 2.45) is 0 Å². The molecule has 0 radical (unpaired) electrons. The number of ether oxygens (including phenoxy) is 1. The molecule has 1 atom stereocenters. The molecule has 1 saturated heterocycles. The maximum atomic E-state index is 5.43. The van der Waals surface area contributed by atoms with Gasteiger partial charge >= 0.3 is 0 Å². The molecule has 1 aromatic rings. The van der Waals surface area contributed by atoms with Gasteiger partial charge in [-0.25, -0.2) is 0 Å². The van der Waals surface area contributed by atoms with Crippen LogP contribution in [0, 0.1) is 0 Å². The second-order valence-electron chi connectivity index (χ2n) is 6.91. The third-order valence-corrected chi connectivity index (χ3v) is 4.63. The summed E-state index contributed by atoms with van der Waals surface area (Å²) < 4.78 is 6.64. The second kappa shape index (κ2) is 7.23. The Labute approximate surface area is 137 Å². The summed E-state index contributed by atoms with van der Waals surface area (Å²) >= 11 is 3.72. The van der Waals surface area contributed by atoms with Gasteiger partial charge in [0.2, 0.25) is 0 Å². The van der Waals surface area contributed by atoms with Gasteiger partial charge in [-0.2, -0.15) is 0 Å². The fourth-order valence-electron chi connectivity index (χ4n) is 2.57. The SMILES string of the molecule is COC1CCN(Cc2ccc(CNC(C)(C)C)cc2Br)C1. The lowest BCUT2D eigenvalue weighted by Gasteiger charge is -2.21. The van der Waals surface area contributed by atoms with Crippen LogP contribution in [0.3, 0.4) is 0 Å². The normalized spacial score (nSPS) is 20.1. The smallest absolute Gasteiger partial charge is 0.0710 e. The molecule has 0 spiro atoms. The number of methoxy groups -OCH3 is 1. The van der Waals surface area contributed by atoms with Gasteiger partial charge in [0.1, 0.15) is 0 Å². The number of halogens is 1. The van der Waals surface area contributed by atoms with Gasteiger partial charge < -0.3 is 10.1 Å². The van der Waals surface area contributed by atoms with Gasteiger partial charge in [-0.1, -0.05) is 28.1 Å². The van der Waals surface area contributed by atoms with Crippen molar-refractivity contribution < 1.29 is 4.74 Å². The summed E-state index contributed by atoms with van der Waals surface area (Å²) in [7, 11) is 1.81. The van der Waals surface area contributed by atoms with Gasteiger partial charge in [0.05, 0.1) is 6.10 Å². The third kappa shape index (κ3) is 5.37. The molecule has 1 aliphatic rings. The summed E-state index contributed by atoms with van der Waals surface area (Å²) in [6.07, 6.45) is 1.54. The molecule has 0 amide bonds. The number of hydrogen-bond donors (Lipinski definition) is 1. The highest BCUT2D eigenvalue weighted by atomic mass is 79.9. The summed E-state index contributed by atoms with van der Waals surface area (Å²) in [5, 5.41) is 3.52. The molecule has 1 aromatic carbocycles. The Balaban J connectivity index is 1.93. The van der Waals surface area contributed by atoms with Crippen molar-refractivity contribution in [1.82, 2.24) is 10.2 Å². The van der Waals surface area contributed by atoms with Crippen LogP contribution < -0.4 is 5.32 Å². The van der Waals surface area contributed by atoms with E-state index in [1.54, 1.807) is 7.11 Å². The Morgan fingerprint density at radius 1 is 1.38 bits per heavy atom. The van der Waals surface area contributed by atoms with E-state index < -0.39 is 0 Å². The number of rotatable bonds is 5. The molecule has 3 nitrogen and oxygen atoms in total. The fourth-order valence-corrected chi connectivity index (χ4v) is 3.12. The quantitative estimate of drug-likeness (QED) is 0.874. The van der Waals surface area contributed by atoms with Crippen LogP contribution in [-0.2, 0) is 17.8 Å². The lowest BCUT2D eigenvalue weighted by Crippen LogP contribution is -2.35. The zero-order chi connectivity index (χ0) is 15.5. The Morgan fingerprint density at radius 2 is 2.14 bits per heavy atom. The first-order chi connectivity index (χ1) is 9.87. The molecule has 0 aromatic heterocycles. The summed E-state index contributed by atoms with van der Waals surface area (Å²) in [5.74, 6) is 0. The summed E-state index contributed by atoms with van der Waals surface area (Å²) in [6, 6.07) is 6.70. The number of likely N-dealkylation sites (tertiary alicyclic amines) is 1. The predicted molar refractivity (Wildman–Crippen MR) is 91.4 cm³/mol. The van der Waals surface area contributed by atoms with Gasteiger partial charge in [-0.3, -0.25) is 4.90 Å². The van der Waals surface area contributed by atoms with Gasteiger partial charge in [-0.05, 0) is 44.4 Å². The van der Waals surface area contributed by atoms with Crippen molar-refractivity contribution in [1.29, 1.82) is 0 Å². The molecule has 1 fully saturated rings. The minimum atomic E-state index is 0.149. The van der Waals surface area contributed by atoms with E-state index in [1.807, 2.05) is 0 Å². The first kappa shape index (κ1) is 16.9. The fraction of sp³-hybridized carbons (Fsp3) is 0.647. The first-order valence-corrected chi connectivity index (χ1v) is 8.44. The number of hydrogen-bond acceptors (Lipinski definition) is 3. The second-order valence-corrected chi connectivity index (χ2v) is 7.77. The molecule has 4 heteroatoms. The molecule has 21 heavy (non-hydrogen) atoms. The molecule has 1 aliphatic heterocycles. The lowest BCUT2D eigenvalue weighted by atomic mass is 10.1. The molecular weight excluding hydrogens is 328 g/mol. The maximum Gasteiger partial charge on any atom is 0.0710 e. The standard InChI is InChI=1S/C17H27BrN2O/c1-17(2,3)19-10-13-5-6-14(16(18)9-13)11-20-8-7-15(12-20)21-4/h5-6,9,15,19H,7-8,10-12H2,1-4H3. The third-order valence-electron chi connectivity index (χ3n) is 3.90. The topological polar surface area (TPSA) is 24.5 Å². The van der Waals surface area contributed by atoms with E-state index in [2.05, 4.69) is 65.1 Å². The van der Waals surface area contributed by atoms with Crippen molar-refractivity contribution in [2.75, 3.05) is 20.2 Å². The molecule has 1 N–H and O–H groups in total. The average molecular weight is 355 g/mol. The summed E-state index contributed by atoms with van der Waals surface area (Å²) in [6.45, 7) is 10.6. The van der Waals surface area contributed by atoms with E-state index in [0.717, 1.165) is 32.6 Å². The van der Waals surface area contributed by atoms with Crippen LogP contribution in [0.25, 0.3) is 0 Å². The van der Waals surface area contributed by atoms with E-state index in [4.69, 9.17) is 4.74 Å². The van der Waals surface area contributed by atoms with Gasteiger partial charge in [0.15, 0.2) is 0 Å². The largest absolute Gasteiger partial charge is 0.380 e. The zero-order valence-electron chi connectivity index (χ0n) is 13.6. The minimum absolute atomic E-state index is 0.149. The van der Waals surface area contributed by atoms with E-state index >= 15 is 0 Å². The van der Waals surface area contributed by atoms with Crippen LogP contribution in [0.2, 0.25) is 0 Å².